The summed E-state index contributed by atoms with van der Waals surface area (Å²) in [5, 5.41) is 2.28. The van der Waals surface area contributed by atoms with Gasteiger partial charge in [-0.2, -0.15) is 0 Å². The third-order valence-corrected chi connectivity index (χ3v) is 11.3. The van der Waals surface area contributed by atoms with Crippen LogP contribution in [-0.2, 0) is 0 Å². The highest BCUT2D eigenvalue weighted by molar-refractivity contribution is 7.25. The largest absolute Gasteiger partial charge is 0.308 e. The lowest BCUT2D eigenvalue weighted by Crippen LogP contribution is -2.02. The third-order valence-electron chi connectivity index (χ3n) is 10.2. The number of hydrogen-bond acceptors (Lipinski definition) is 4. The molecule has 4 nitrogen and oxygen atoms in total. The van der Waals surface area contributed by atoms with E-state index in [0.29, 0.717) is 28.5 Å². The fourth-order valence-corrected chi connectivity index (χ4v) is 8.60. The molecule has 0 aliphatic heterocycles. The van der Waals surface area contributed by atoms with Crippen molar-refractivity contribution in [2.24, 2.45) is 0 Å². The molecule has 262 valence electrons. The van der Waals surface area contributed by atoms with Crippen molar-refractivity contribution in [1.82, 2.24) is 19.5 Å². The molecular weight excluding hydrogens is 701 g/mol. The molecule has 0 radical (unpaired) electrons. The minimum absolute atomic E-state index is 0.0604. The zero-order chi connectivity index (χ0) is 43.1. The van der Waals surface area contributed by atoms with Gasteiger partial charge in [-0.25, -0.2) is 15.0 Å². The Bertz CT molecular complexity index is 3630. The minimum Gasteiger partial charge on any atom is -0.308 e. The van der Waals surface area contributed by atoms with Crippen molar-refractivity contribution in [2.45, 2.75) is 0 Å². The summed E-state index contributed by atoms with van der Waals surface area (Å²) in [6.45, 7) is 0. The summed E-state index contributed by atoms with van der Waals surface area (Å²) >= 11 is 1.61. The molecule has 11 rings (SSSR count). The summed E-state index contributed by atoms with van der Waals surface area (Å²) in [5.74, 6) is 0.705. The van der Waals surface area contributed by atoms with Gasteiger partial charge >= 0.3 is 0 Å². The topological polar surface area (TPSA) is 43.6 Å². The fourth-order valence-electron chi connectivity index (χ4n) is 7.48. The van der Waals surface area contributed by atoms with Crippen LogP contribution < -0.4 is 0 Å². The Labute approximate surface area is 337 Å². The Kier molecular flexibility index (Phi) is 6.10. The first-order valence-electron chi connectivity index (χ1n) is 21.7. The highest BCUT2D eigenvalue weighted by Gasteiger charge is 2.21. The summed E-state index contributed by atoms with van der Waals surface area (Å²) in [5.41, 5.74) is 6.64. The Balaban J connectivity index is 1.21. The van der Waals surface area contributed by atoms with E-state index in [-0.39, 0.29) is 57.4 Å². The molecule has 11 aromatic rings. The van der Waals surface area contributed by atoms with Crippen LogP contribution in [0.2, 0.25) is 0 Å². The molecule has 0 amide bonds. The molecule has 3 heterocycles. The lowest BCUT2D eigenvalue weighted by molar-refractivity contribution is 1.07. The lowest BCUT2D eigenvalue weighted by atomic mass is 10.0. The standard InChI is InChI=1S/C51H32N4S/c1-4-13-33(14-5-1)35-23-25-37(26-24-35)50-52-49(36-17-8-3-9-18-36)53-51(54-50)43-21-12-20-42-40-19-10-11-22-45(40)55(48(42)43)39-28-29-41-44-31-38(34-15-6-2-7-16-34)27-30-46(44)56-47(41)32-39/h1-32H/i10D,11D,12D,19D,20D,21D,22D. The van der Waals surface area contributed by atoms with E-state index >= 15 is 0 Å². The molecule has 0 N–H and O–H groups in total. The van der Waals surface area contributed by atoms with Gasteiger partial charge in [0.1, 0.15) is 0 Å². The maximum atomic E-state index is 9.56. The Hall–Kier alpha value is -7.21. The molecule has 0 atom stereocenters. The zero-order valence-electron chi connectivity index (χ0n) is 36.6. The maximum absolute atomic E-state index is 9.56. The number of nitrogens with zero attached hydrogens (tertiary/aromatic N) is 4. The summed E-state index contributed by atoms with van der Waals surface area (Å²) in [6, 6.07) is 47.1. The third kappa shape index (κ3) is 5.48. The first-order chi connectivity index (χ1) is 30.7. The molecule has 0 aliphatic carbocycles. The van der Waals surface area contributed by atoms with Gasteiger partial charge in [0.05, 0.1) is 20.6 Å². The van der Waals surface area contributed by atoms with E-state index in [1.807, 2.05) is 121 Å². The van der Waals surface area contributed by atoms with E-state index < -0.39 is 18.1 Å². The number of thiophene rings is 1. The normalized spacial score (nSPS) is 13.3. The van der Waals surface area contributed by atoms with Crippen molar-refractivity contribution in [3.8, 4) is 62.1 Å². The van der Waals surface area contributed by atoms with Crippen molar-refractivity contribution in [3.63, 3.8) is 0 Å². The SMILES string of the molecule is [2H]c1c([2H])c([2H])c2c(c1[2H])c1c([2H])c([2H])c([2H])c(-c3nc(-c4ccccc4)nc(-c4ccc(-c5ccccc5)cc4)n3)c1n2-c1ccc2c(c1)sc1ccc(-c3ccccc3)cc12. The van der Waals surface area contributed by atoms with Crippen LogP contribution >= 0.6 is 11.3 Å². The van der Waals surface area contributed by atoms with E-state index in [1.54, 1.807) is 15.9 Å². The smallest absolute Gasteiger partial charge is 0.166 e. The van der Waals surface area contributed by atoms with Crippen LogP contribution in [0.25, 0.3) is 104 Å². The second-order valence-electron chi connectivity index (χ2n) is 13.5. The van der Waals surface area contributed by atoms with Crippen molar-refractivity contribution in [3.05, 3.63) is 194 Å². The second kappa shape index (κ2) is 13.3. The van der Waals surface area contributed by atoms with Crippen LogP contribution in [0.5, 0.6) is 0 Å². The first kappa shape index (κ1) is 25.7. The summed E-state index contributed by atoms with van der Waals surface area (Å²) < 4.78 is 67.9. The highest BCUT2D eigenvalue weighted by Crippen LogP contribution is 2.41. The van der Waals surface area contributed by atoms with E-state index in [9.17, 15) is 5.48 Å². The molecule has 0 unspecified atom stereocenters. The molecule has 8 aromatic carbocycles. The van der Waals surface area contributed by atoms with E-state index in [4.69, 9.17) is 19.1 Å². The van der Waals surface area contributed by atoms with E-state index in [1.165, 1.54) is 0 Å². The van der Waals surface area contributed by atoms with Gasteiger partial charge in [-0.05, 0) is 58.6 Å². The molecule has 0 bridgehead atoms. The van der Waals surface area contributed by atoms with Crippen LogP contribution in [0.4, 0.5) is 0 Å². The van der Waals surface area contributed by atoms with Gasteiger partial charge in [0.15, 0.2) is 17.5 Å². The predicted molar refractivity (Wildman–Crippen MR) is 234 cm³/mol. The van der Waals surface area contributed by atoms with Gasteiger partial charge < -0.3 is 4.57 Å². The minimum atomic E-state index is -0.462. The molecule has 0 aliphatic rings. The monoisotopic (exact) mass is 739 g/mol. The molecule has 0 fully saturated rings. The molecule has 0 spiro atoms. The number of aromatic nitrogens is 4. The van der Waals surface area contributed by atoms with Crippen LogP contribution in [-0.4, -0.2) is 19.5 Å². The number of rotatable bonds is 6. The van der Waals surface area contributed by atoms with E-state index in [2.05, 4.69) is 30.3 Å². The van der Waals surface area contributed by atoms with Crippen LogP contribution in [0.15, 0.2) is 194 Å². The highest BCUT2D eigenvalue weighted by atomic mass is 32.1. The Morgan fingerprint density at radius 2 is 0.982 bits per heavy atom. The zero-order valence-corrected chi connectivity index (χ0v) is 30.4. The molecule has 5 heteroatoms. The molecule has 0 saturated carbocycles. The van der Waals surface area contributed by atoms with Crippen LogP contribution in [0, 0.1) is 0 Å². The van der Waals surface area contributed by atoms with Crippen molar-refractivity contribution in [1.29, 1.82) is 0 Å². The molecule has 0 saturated heterocycles. The van der Waals surface area contributed by atoms with E-state index in [0.717, 1.165) is 42.4 Å². The molecule has 56 heavy (non-hydrogen) atoms. The number of hydrogen-bond donors (Lipinski definition) is 0. The summed E-state index contributed by atoms with van der Waals surface area (Å²) in [7, 11) is 0. The van der Waals surface area contributed by atoms with Gasteiger partial charge in [-0.15, -0.1) is 11.3 Å². The predicted octanol–water partition coefficient (Wildman–Crippen LogP) is 13.7. The van der Waals surface area contributed by atoms with Crippen molar-refractivity contribution in [2.75, 3.05) is 0 Å². The van der Waals surface area contributed by atoms with Gasteiger partial charge in [0.2, 0.25) is 0 Å². The fraction of sp³-hybridized carbons (Fsp3) is 0. The number of para-hydroxylation sites is 2. The van der Waals surface area contributed by atoms with Gasteiger partial charge in [0.25, 0.3) is 0 Å². The quantitative estimate of drug-likeness (QED) is 0.171. The van der Waals surface area contributed by atoms with Gasteiger partial charge in [-0.3, -0.25) is 0 Å². The molecule has 3 aromatic heterocycles. The van der Waals surface area contributed by atoms with Crippen molar-refractivity contribution < 1.29 is 9.60 Å². The van der Waals surface area contributed by atoms with Crippen LogP contribution in [0.1, 0.15) is 9.60 Å². The average Bonchev–Trinajstić information content (AvgIpc) is 3.88. The number of benzene rings is 8. The van der Waals surface area contributed by atoms with Crippen LogP contribution in [0.3, 0.4) is 0 Å². The Morgan fingerprint density at radius 3 is 1.71 bits per heavy atom. The second-order valence-corrected chi connectivity index (χ2v) is 14.6. The summed E-state index contributed by atoms with van der Waals surface area (Å²) in [4.78, 5) is 14.9. The van der Waals surface area contributed by atoms with Gasteiger partial charge in [0, 0.05) is 53.3 Å². The van der Waals surface area contributed by atoms with Crippen molar-refractivity contribution >= 4 is 53.3 Å². The molecular formula is C51H32N4S. The lowest BCUT2D eigenvalue weighted by Gasteiger charge is -2.13. The summed E-state index contributed by atoms with van der Waals surface area (Å²) in [6.07, 6.45) is 0. The van der Waals surface area contributed by atoms with Gasteiger partial charge in [-0.1, -0.05) is 158 Å². The first-order valence-corrected chi connectivity index (χ1v) is 19.0. The number of fused-ring (bicyclic) bond motifs is 6. The maximum Gasteiger partial charge on any atom is 0.166 e. The Morgan fingerprint density at radius 1 is 0.411 bits per heavy atom. The average molecular weight is 740 g/mol.